The first-order chi connectivity index (χ1) is 15.1. The van der Waals surface area contributed by atoms with Crippen LogP contribution in [-0.4, -0.2) is 68.2 Å². The van der Waals surface area contributed by atoms with Crippen LogP contribution in [0.4, 0.5) is 17.1 Å². The van der Waals surface area contributed by atoms with Gasteiger partial charge < -0.3 is 19.4 Å². The largest absolute Gasteiger partial charge is 0.378 e. The van der Waals surface area contributed by atoms with Gasteiger partial charge in [-0.15, -0.1) is 0 Å². The third kappa shape index (κ3) is 4.44. The van der Waals surface area contributed by atoms with Gasteiger partial charge in [0.15, 0.2) is 0 Å². The Morgan fingerprint density at radius 3 is 2.26 bits per heavy atom. The summed E-state index contributed by atoms with van der Waals surface area (Å²) in [6.07, 6.45) is 0. The van der Waals surface area contributed by atoms with Gasteiger partial charge in [-0.25, -0.2) is 0 Å². The SMILES string of the molecule is N#Cc1ccc(N2CCN(C(=O)c3cc([N+](=O)[O-])ccc3N3CCOCC3)CC2)cc1. The first kappa shape index (κ1) is 20.6. The smallest absolute Gasteiger partial charge is 0.270 e. The number of hydrogen-bond donors (Lipinski definition) is 0. The maximum absolute atomic E-state index is 13.4. The molecule has 160 valence electrons. The molecule has 9 nitrogen and oxygen atoms in total. The van der Waals surface area contributed by atoms with Crippen LogP contribution >= 0.6 is 0 Å². The number of carbonyl (C=O) groups is 1. The van der Waals surface area contributed by atoms with Crippen molar-refractivity contribution in [1.29, 1.82) is 5.26 Å². The van der Waals surface area contributed by atoms with Gasteiger partial charge in [-0.05, 0) is 30.3 Å². The van der Waals surface area contributed by atoms with E-state index in [0.29, 0.717) is 69.3 Å². The molecule has 0 saturated carbocycles. The molecule has 1 amide bonds. The molecular weight excluding hydrogens is 398 g/mol. The predicted molar refractivity (Wildman–Crippen MR) is 115 cm³/mol. The summed E-state index contributed by atoms with van der Waals surface area (Å²) in [4.78, 5) is 30.2. The lowest BCUT2D eigenvalue weighted by molar-refractivity contribution is -0.384. The topological polar surface area (TPSA) is 103 Å². The second-order valence-electron chi connectivity index (χ2n) is 7.50. The lowest BCUT2D eigenvalue weighted by Gasteiger charge is -2.37. The van der Waals surface area contributed by atoms with Crippen molar-refractivity contribution >= 4 is 23.0 Å². The molecule has 2 heterocycles. The Labute approximate surface area is 180 Å². The van der Waals surface area contributed by atoms with Gasteiger partial charge >= 0.3 is 0 Å². The number of nitrogens with zero attached hydrogens (tertiary/aromatic N) is 5. The number of benzene rings is 2. The van der Waals surface area contributed by atoms with Crippen LogP contribution in [0.25, 0.3) is 0 Å². The molecule has 2 aromatic carbocycles. The Kier molecular flexibility index (Phi) is 6.00. The molecule has 0 N–H and O–H groups in total. The van der Waals surface area contributed by atoms with Gasteiger partial charge in [0, 0.05) is 57.1 Å². The number of hydrogen-bond acceptors (Lipinski definition) is 7. The highest BCUT2D eigenvalue weighted by Gasteiger charge is 2.28. The van der Waals surface area contributed by atoms with Crippen molar-refractivity contribution in [1.82, 2.24) is 4.90 Å². The average molecular weight is 421 g/mol. The molecule has 0 aromatic heterocycles. The van der Waals surface area contributed by atoms with Gasteiger partial charge in [-0.2, -0.15) is 5.26 Å². The number of anilines is 2. The summed E-state index contributed by atoms with van der Waals surface area (Å²) in [5.74, 6) is -0.190. The van der Waals surface area contributed by atoms with E-state index in [0.717, 1.165) is 5.69 Å². The summed E-state index contributed by atoms with van der Waals surface area (Å²) in [6.45, 7) is 4.75. The molecule has 9 heteroatoms. The summed E-state index contributed by atoms with van der Waals surface area (Å²) < 4.78 is 5.40. The molecule has 2 saturated heterocycles. The number of rotatable bonds is 4. The number of nitriles is 1. The third-order valence-corrected chi connectivity index (χ3v) is 5.70. The van der Waals surface area contributed by atoms with Crippen LogP contribution in [0, 0.1) is 21.4 Å². The quantitative estimate of drug-likeness (QED) is 0.551. The summed E-state index contributed by atoms with van der Waals surface area (Å²) in [7, 11) is 0. The first-order valence-corrected chi connectivity index (χ1v) is 10.2. The summed E-state index contributed by atoms with van der Waals surface area (Å²) in [5, 5.41) is 20.3. The zero-order valence-electron chi connectivity index (χ0n) is 17.1. The van der Waals surface area contributed by atoms with E-state index < -0.39 is 4.92 Å². The van der Waals surface area contributed by atoms with Crippen LogP contribution in [0.1, 0.15) is 15.9 Å². The van der Waals surface area contributed by atoms with Crippen LogP contribution in [0.3, 0.4) is 0 Å². The molecule has 0 atom stereocenters. The van der Waals surface area contributed by atoms with Crippen molar-refractivity contribution in [2.75, 3.05) is 62.3 Å². The highest BCUT2D eigenvalue weighted by Crippen LogP contribution is 2.28. The van der Waals surface area contributed by atoms with Crippen molar-refractivity contribution in [3.05, 3.63) is 63.7 Å². The molecule has 0 spiro atoms. The van der Waals surface area contributed by atoms with Crippen LogP contribution < -0.4 is 9.80 Å². The number of ether oxygens (including phenoxy) is 1. The highest BCUT2D eigenvalue weighted by molar-refractivity contribution is 6.00. The summed E-state index contributed by atoms with van der Waals surface area (Å²) in [5.41, 5.74) is 2.61. The Morgan fingerprint density at radius 1 is 0.968 bits per heavy atom. The van der Waals surface area contributed by atoms with Crippen molar-refractivity contribution < 1.29 is 14.5 Å². The predicted octanol–water partition coefficient (Wildman–Crippen LogP) is 2.27. The number of carbonyl (C=O) groups excluding carboxylic acids is 1. The average Bonchev–Trinajstić information content (AvgIpc) is 2.84. The van der Waals surface area contributed by atoms with E-state index in [9.17, 15) is 14.9 Å². The van der Waals surface area contributed by atoms with Gasteiger partial charge in [-0.1, -0.05) is 0 Å². The number of nitro benzene ring substituents is 1. The molecule has 0 radical (unpaired) electrons. The lowest BCUT2D eigenvalue weighted by Crippen LogP contribution is -2.49. The van der Waals surface area contributed by atoms with Gasteiger partial charge in [-0.3, -0.25) is 14.9 Å². The van der Waals surface area contributed by atoms with E-state index in [1.807, 2.05) is 17.0 Å². The molecule has 2 aliphatic heterocycles. The Morgan fingerprint density at radius 2 is 1.65 bits per heavy atom. The zero-order valence-corrected chi connectivity index (χ0v) is 17.1. The molecule has 2 fully saturated rings. The zero-order chi connectivity index (χ0) is 21.8. The second kappa shape index (κ2) is 9.02. The van der Waals surface area contributed by atoms with Crippen LogP contribution in [0.2, 0.25) is 0 Å². The number of amides is 1. The van der Waals surface area contributed by atoms with Gasteiger partial charge in [0.2, 0.25) is 0 Å². The van der Waals surface area contributed by atoms with Crippen LogP contribution in [0.5, 0.6) is 0 Å². The molecule has 4 rings (SSSR count). The van der Waals surface area contributed by atoms with Crippen molar-refractivity contribution in [3.63, 3.8) is 0 Å². The van der Waals surface area contributed by atoms with E-state index in [-0.39, 0.29) is 11.6 Å². The van der Waals surface area contributed by atoms with E-state index in [4.69, 9.17) is 10.00 Å². The minimum atomic E-state index is -0.470. The second-order valence-corrected chi connectivity index (χ2v) is 7.50. The maximum atomic E-state index is 13.4. The minimum absolute atomic E-state index is 0.0865. The summed E-state index contributed by atoms with van der Waals surface area (Å²) >= 11 is 0. The molecule has 0 unspecified atom stereocenters. The van der Waals surface area contributed by atoms with Gasteiger partial charge in [0.25, 0.3) is 11.6 Å². The Hall–Kier alpha value is -3.64. The van der Waals surface area contributed by atoms with Crippen molar-refractivity contribution in [3.8, 4) is 6.07 Å². The molecule has 31 heavy (non-hydrogen) atoms. The molecular formula is C22H23N5O4. The summed E-state index contributed by atoms with van der Waals surface area (Å²) in [6, 6.07) is 14.0. The van der Waals surface area contributed by atoms with E-state index in [1.165, 1.54) is 12.1 Å². The maximum Gasteiger partial charge on any atom is 0.270 e. The standard InChI is InChI=1S/C22H23N5O4/c23-16-17-1-3-18(4-2-17)24-7-9-26(10-8-24)22(28)20-15-19(27(29)30)5-6-21(20)25-11-13-31-14-12-25/h1-6,15H,7-14H2. The fourth-order valence-corrected chi connectivity index (χ4v) is 3.97. The minimum Gasteiger partial charge on any atom is -0.378 e. The number of morpholine rings is 1. The number of non-ortho nitro benzene ring substituents is 1. The van der Waals surface area contributed by atoms with Crippen molar-refractivity contribution in [2.45, 2.75) is 0 Å². The fraction of sp³-hybridized carbons (Fsp3) is 0.364. The monoisotopic (exact) mass is 421 g/mol. The van der Waals surface area contributed by atoms with Crippen LogP contribution in [0.15, 0.2) is 42.5 Å². The van der Waals surface area contributed by atoms with Gasteiger partial charge in [0.05, 0.1) is 41.0 Å². The number of piperazine rings is 1. The van der Waals surface area contributed by atoms with Crippen molar-refractivity contribution in [2.24, 2.45) is 0 Å². The molecule has 0 bridgehead atoms. The first-order valence-electron chi connectivity index (χ1n) is 10.2. The van der Waals surface area contributed by atoms with E-state index in [2.05, 4.69) is 11.0 Å². The van der Waals surface area contributed by atoms with Crippen LogP contribution in [-0.2, 0) is 4.74 Å². The van der Waals surface area contributed by atoms with E-state index >= 15 is 0 Å². The van der Waals surface area contributed by atoms with E-state index in [1.54, 1.807) is 23.1 Å². The normalized spacial score (nSPS) is 16.7. The Balaban J connectivity index is 1.51. The molecule has 2 aromatic rings. The molecule has 0 aliphatic carbocycles. The Bertz CT molecular complexity index is 1000. The van der Waals surface area contributed by atoms with Gasteiger partial charge in [0.1, 0.15) is 0 Å². The molecule has 2 aliphatic rings. The third-order valence-electron chi connectivity index (χ3n) is 5.70. The number of nitro groups is 1. The highest BCUT2D eigenvalue weighted by atomic mass is 16.6. The lowest BCUT2D eigenvalue weighted by atomic mass is 10.1. The fourth-order valence-electron chi connectivity index (χ4n) is 3.97.